The summed E-state index contributed by atoms with van der Waals surface area (Å²) in [6, 6.07) is 8.01. The number of carbonyl (C=O) groups is 2. The Labute approximate surface area is 136 Å². The van der Waals surface area contributed by atoms with Crippen molar-refractivity contribution in [3.63, 3.8) is 0 Å². The number of hydrogen-bond donors (Lipinski definition) is 2. The smallest absolute Gasteiger partial charge is 0.221 e. The molecular formula is C15H23ClN2O2S. The van der Waals surface area contributed by atoms with Crippen LogP contribution in [0.5, 0.6) is 0 Å². The average Bonchev–Trinajstić information content (AvgIpc) is 2.43. The number of aryl methyl sites for hydroxylation is 1. The minimum Gasteiger partial charge on any atom is -0.341 e. The first-order chi connectivity index (χ1) is 9.51. The summed E-state index contributed by atoms with van der Waals surface area (Å²) in [5, 5.41) is 2.87. The van der Waals surface area contributed by atoms with Gasteiger partial charge in [0, 0.05) is 19.1 Å². The molecule has 21 heavy (non-hydrogen) atoms. The van der Waals surface area contributed by atoms with Crippen LogP contribution in [0.4, 0.5) is 0 Å². The van der Waals surface area contributed by atoms with E-state index in [9.17, 15) is 9.59 Å². The van der Waals surface area contributed by atoms with Crippen LogP contribution in [0.3, 0.4) is 0 Å². The molecule has 1 atom stereocenters. The van der Waals surface area contributed by atoms with Crippen molar-refractivity contribution in [3.05, 3.63) is 35.4 Å². The molecule has 0 bridgehead atoms. The Morgan fingerprint density at radius 1 is 1.24 bits per heavy atom. The van der Waals surface area contributed by atoms with Gasteiger partial charge in [0.25, 0.3) is 0 Å². The number of thioether (sulfide) groups is 1. The molecule has 3 N–H and O–H groups in total. The average molecular weight is 331 g/mol. The van der Waals surface area contributed by atoms with E-state index in [0.717, 1.165) is 17.5 Å². The van der Waals surface area contributed by atoms with Crippen molar-refractivity contribution >= 4 is 35.2 Å². The molecule has 0 fully saturated rings. The highest BCUT2D eigenvalue weighted by molar-refractivity contribution is 8.12. The highest BCUT2D eigenvalue weighted by Gasteiger charge is 2.06. The third kappa shape index (κ3) is 8.75. The van der Waals surface area contributed by atoms with Crippen LogP contribution in [-0.2, 0) is 21.8 Å². The molecule has 0 spiro atoms. The molecule has 4 nitrogen and oxygen atoms in total. The number of amides is 1. The second kappa shape index (κ2) is 10.7. The van der Waals surface area contributed by atoms with Crippen LogP contribution in [0.2, 0.25) is 0 Å². The largest absolute Gasteiger partial charge is 0.341 e. The number of rotatable bonds is 7. The highest BCUT2D eigenvalue weighted by atomic mass is 35.5. The summed E-state index contributed by atoms with van der Waals surface area (Å²) in [4.78, 5) is 22.5. The lowest BCUT2D eigenvalue weighted by atomic mass is 10.1. The van der Waals surface area contributed by atoms with Gasteiger partial charge in [-0.1, -0.05) is 43.0 Å². The minimum absolute atomic E-state index is 0. The SMILES string of the molecule is CCC(N)NC(=O)CCc1ccc(CSC(C)=O)cc1.Cl. The third-order valence-corrected chi connectivity index (χ3v) is 3.78. The van der Waals surface area contributed by atoms with Gasteiger partial charge in [0.1, 0.15) is 0 Å². The van der Waals surface area contributed by atoms with E-state index in [4.69, 9.17) is 5.73 Å². The van der Waals surface area contributed by atoms with E-state index >= 15 is 0 Å². The zero-order valence-corrected chi connectivity index (χ0v) is 14.1. The molecule has 0 aliphatic rings. The van der Waals surface area contributed by atoms with Crippen molar-refractivity contribution in [2.75, 3.05) is 0 Å². The van der Waals surface area contributed by atoms with E-state index < -0.39 is 0 Å². The van der Waals surface area contributed by atoms with E-state index in [0.29, 0.717) is 18.6 Å². The van der Waals surface area contributed by atoms with Crippen LogP contribution in [0.15, 0.2) is 24.3 Å². The van der Waals surface area contributed by atoms with Gasteiger partial charge >= 0.3 is 0 Å². The molecule has 0 aliphatic carbocycles. The normalized spacial score (nSPS) is 11.4. The van der Waals surface area contributed by atoms with E-state index in [2.05, 4.69) is 5.32 Å². The van der Waals surface area contributed by atoms with Crippen LogP contribution in [0.25, 0.3) is 0 Å². The predicted octanol–water partition coefficient (Wildman–Crippen LogP) is 2.63. The summed E-state index contributed by atoms with van der Waals surface area (Å²) < 4.78 is 0. The first-order valence-electron chi connectivity index (χ1n) is 6.77. The molecule has 1 unspecified atom stereocenters. The van der Waals surface area contributed by atoms with E-state index in [1.165, 1.54) is 11.8 Å². The monoisotopic (exact) mass is 330 g/mol. The molecule has 1 aromatic carbocycles. The summed E-state index contributed by atoms with van der Waals surface area (Å²) >= 11 is 1.30. The Morgan fingerprint density at radius 3 is 2.33 bits per heavy atom. The molecule has 0 aliphatic heterocycles. The van der Waals surface area contributed by atoms with E-state index in [-0.39, 0.29) is 29.6 Å². The summed E-state index contributed by atoms with van der Waals surface area (Å²) in [5.41, 5.74) is 7.89. The van der Waals surface area contributed by atoms with Crippen molar-refractivity contribution in [2.24, 2.45) is 5.73 Å². The lowest BCUT2D eigenvalue weighted by Crippen LogP contribution is -2.40. The second-order valence-corrected chi connectivity index (χ2v) is 5.83. The zero-order valence-electron chi connectivity index (χ0n) is 12.4. The number of halogens is 1. The minimum atomic E-state index is -0.256. The Balaban J connectivity index is 0.00000400. The van der Waals surface area contributed by atoms with Crippen LogP contribution < -0.4 is 11.1 Å². The standard InChI is InChI=1S/C15H22N2O2S.ClH/c1-3-14(16)17-15(19)9-8-12-4-6-13(7-5-12)10-20-11(2)18;/h4-7,14H,3,8-10,16H2,1-2H3,(H,17,19);1H. The van der Waals surface area contributed by atoms with Gasteiger partial charge in [-0.2, -0.15) is 0 Å². The van der Waals surface area contributed by atoms with Gasteiger partial charge in [0.2, 0.25) is 5.91 Å². The lowest BCUT2D eigenvalue weighted by molar-refractivity contribution is -0.121. The van der Waals surface area contributed by atoms with Gasteiger partial charge in [0.15, 0.2) is 5.12 Å². The van der Waals surface area contributed by atoms with Crippen molar-refractivity contribution in [2.45, 2.75) is 45.0 Å². The molecule has 6 heteroatoms. The molecule has 1 aromatic rings. The maximum Gasteiger partial charge on any atom is 0.221 e. The van der Waals surface area contributed by atoms with Gasteiger partial charge in [-0.05, 0) is 24.0 Å². The van der Waals surface area contributed by atoms with Gasteiger partial charge in [-0.25, -0.2) is 0 Å². The van der Waals surface area contributed by atoms with Crippen LogP contribution in [0.1, 0.15) is 37.8 Å². The fourth-order valence-corrected chi connectivity index (χ4v) is 2.19. The molecular weight excluding hydrogens is 308 g/mol. The lowest BCUT2D eigenvalue weighted by Gasteiger charge is -2.11. The quantitative estimate of drug-likeness (QED) is 0.754. The van der Waals surface area contributed by atoms with Crippen molar-refractivity contribution in [3.8, 4) is 0 Å². The molecule has 0 saturated carbocycles. The third-order valence-electron chi connectivity index (χ3n) is 2.89. The number of carbonyl (C=O) groups excluding carboxylic acids is 2. The van der Waals surface area contributed by atoms with Crippen molar-refractivity contribution in [1.29, 1.82) is 0 Å². The topological polar surface area (TPSA) is 72.2 Å². The number of nitrogens with two attached hydrogens (primary N) is 1. The second-order valence-electron chi connectivity index (χ2n) is 4.68. The highest BCUT2D eigenvalue weighted by Crippen LogP contribution is 2.14. The molecule has 0 radical (unpaired) electrons. The van der Waals surface area contributed by atoms with Gasteiger partial charge in [-0.15, -0.1) is 12.4 Å². The van der Waals surface area contributed by atoms with Gasteiger partial charge in [0.05, 0.1) is 6.17 Å². The van der Waals surface area contributed by atoms with E-state index in [1.54, 1.807) is 6.92 Å². The van der Waals surface area contributed by atoms with Crippen molar-refractivity contribution in [1.82, 2.24) is 5.32 Å². The Kier molecular flexibility index (Phi) is 10.1. The summed E-state index contributed by atoms with van der Waals surface area (Å²) in [7, 11) is 0. The summed E-state index contributed by atoms with van der Waals surface area (Å²) in [5.74, 6) is 0.678. The zero-order chi connectivity index (χ0) is 15.0. The molecule has 0 saturated heterocycles. The molecule has 1 rings (SSSR count). The number of hydrogen-bond acceptors (Lipinski definition) is 4. The molecule has 0 heterocycles. The Morgan fingerprint density at radius 2 is 1.81 bits per heavy atom. The fraction of sp³-hybridized carbons (Fsp3) is 0.467. The maximum absolute atomic E-state index is 11.6. The van der Waals surface area contributed by atoms with E-state index in [1.807, 2.05) is 31.2 Å². The summed E-state index contributed by atoms with van der Waals surface area (Å²) in [6.45, 7) is 3.50. The first kappa shape index (κ1) is 20.0. The number of benzene rings is 1. The van der Waals surface area contributed by atoms with Crippen LogP contribution in [0, 0.1) is 0 Å². The maximum atomic E-state index is 11.6. The Bertz CT molecular complexity index is 451. The molecule has 0 aromatic heterocycles. The molecule has 1 amide bonds. The predicted molar refractivity (Wildman–Crippen MR) is 90.4 cm³/mol. The van der Waals surface area contributed by atoms with Gasteiger partial charge < -0.3 is 11.1 Å². The first-order valence-corrected chi connectivity index (χ1v) is 7.76. The Hall–Kier alpha value is -1.04. The molecule has 118 valence electrons. The van der Waals surface area contributed by atoms with Crippen molar-refractivity contribution < 1.29 is 9.59 Å². The van der Waals surface area contributed by atoms with Crippen LogP contribution >= 0.6 is 24.2 Å². The number of nitrogens with one attached hydrogen (secondary N) is 1. The van der Waals surface area contributed by atoms with Crippen LogP contribution in [-0.4, -0.2) is 17.2 Å². The summed E-state index contributed by atoms with van der Waals surface area (Å²) in [6.07, 6.45) is 1.61. The fourth-order valence-electron chi connectivity index (χ4n) is 1.63. The van der Waals surface area contributed by atoms with Gasteiger partial charge in [-0.3, -0.25) is 9.59 Å².